The van der Waals surface area contributed by atoms with Crippen molar-refractivity contribution in [2.75, 3.05) is 23.8 Å². The normalized spacial score (nSPS) is 18.2. The fourth-order valence-corrected chi connectivity index (χ4v) is 6.05. The number of carboxylic acids is 1. The van der Waals surface area contributed by atoms with Crippen LogP contribution in [0.2, 0.25) is 0 Å². The maximum atomic E-state index is 13.3. The fourth-order valence-electron chi connectivity index (χ4n) is 4.75. The Morgan fingerprint density at radius 3 is 2.26 bits per heavy atom. The molecule has 0 bridgehead atoms. The number of aliphatic carboxylic acids is 1. The van der Waals surface area contributed by atoms with E-state index in [1.165, 1.54) is 11.8 Å². The molecule has 0 radical (unpaired) electrons. The van der Waals surface area contributed by atoms with Crippen molar-refractivity contribution >= 4 is 41.0 Å². The molecule has 5 N–H and O–H groups in total. The monoisotopic (exact) mass is 605 g/mol. The summed E-state index contributed by atoms with van der Waals surface area (Å²) in [4.78, 5) is 50.3. The molecule has 0 spiro atoms. The van der Waals surface area contributed by atoms with Gasteiger partial charge in [-0.3, -0.25) is 19.2 Å². The number of nitrogens with one attached hydrogen (secondary N) is 1. The highest BCUT2D eigenvalue weighted by molar-refractivity contribution is 8.00. The molecule has 10 nitrogen and oxygen atoms in total. The van der Waals surface area contributed by atoms with Crippen LogP contribution >= 0.6 is 11.8 Å². The maximum Gasteiger partial charge on any atom is 0.320 e. The fraction of sp³-hybridized carbons (Fsp3) is 0.312. The standard InChI is InChI=1S/C32H35N3O7S/c1-20(28(33)32(40)41)16-24(36)17-34-27(38)18-42-25-14-12-22(13-15-25)29-30(31(39)35(29)23-10-6-3-7-11-23)43-19-26(37)21-8-4-2-5-9-21/h2-15,20,26,28-30,37H,16-19,33H2,1H3,(H,34,38)(H,40,41)/t20?,26?,28-,29-,30-/m1/s1. The topological polar surface area (TPSA) is 159 Å². The Balaban J connectivity index is 1.34. The largest absolute Gasteiger partial charge is 0.484 e. The number of hydrogen-bond acceptors (Lipinski definition) is 8. The molecular formula is C32H35N3O7S. The van der Waals surface area contributed by atoms with Crippen LogP contribution in [0.4, 0.5) is 5.69 Å². The van der Waals surface area contributed by atoms with Crippen LogP contribution in [0.5, 0.6) is 5.75 Å². The van der Waals surface area contributed by atoms with Crippen LogP contribution in [0.1, 0.15) is 36.6 Å². The van der Waals surface area contributed by atoms with Crippen molar-refractivity contribution in [3.05, 3.63) is 96.1 Å². The van der Waals surface area contributed by atoms with Crippen molar-refractivity contribution in [2.24, 2.45) is 11.7 Å². The number of aliphatic hydroxyl groups is 1. The molecule has 5 atom stereocenters. The van der Waals surface area contributed by atoms with E-state index in [4.69, 9.17) is 15.6 Å². The van der Waals surface area contributed by atoms with E-state index in [-0.39, 0.29) is 42.6 Å². The van der Waals surface area contributed by atoms with Gasteiger partial charge in [0.05, 0.1) is 18.7 Å². The predicted molar refractivity (Wildman–Crippen MR) is 164 cm³/mol. The summed E-state index contributed by atoms with van der Waals surface area (Å²) >= 11 is 1.42. The summed E-state index contributed by atoms with van der Waals surface area (Å²) in [5.41, 5.74) is 7.99. The number of anilines is 1. The molecule has 1 saturated heterocycles. The second-order valence-electron chi connectivity index (χ2n) is 10.4. The SMILES string of the molecule is CC(CC(=O)CNC(=O)COc1ccc([C@@H]2[C@@H](SCC(O)c3ccccc3)C(=O)N2c2ccccc2)cc1)[C@@H](N)C(=O)O. The van der Waals surface area contributed by atoms with Crippen LogP contribution in [0.15, 0.2) is 84.9 Å². The number of ketones is 1. The number of hydrogen-bond donors (Lipinski definition) is 4. The lowest BCUT2D eigenvalue weighted by atomic mass is 9.92. The van der Waals surface area contributed by atoms with Gasteiger partial charge >= 0.3 is 5.97 Å². The highest BCUT2D eigenvalue weighted by Gasteiger charge is 2.49. The average Bonchev–Trinajstić information content (AvgIpc) is 3.02. The van der Waals surface area contributed by atoms with Gasteiger partial charge in [0.25, 0.3) is 5.91 Å². The number of thioether (sulfide) groups is 1. The van der Waals surface area contributed by atoms with Crippen LogP contribution in [0.25, 0.3) is 0 Å². The highest BCUT2D eigenvalue weighted by atomic mass is 32.2. The molecule has 1 heterocycles. The van der Waals surface area contributed by atoms with E-state index >= 15 is 0 Å². The Kier molecular flexibility index (Phi) is 10.9. The third kappa shape index (κ3) is 8.22. The third-order valence-corrected chi connectivity index (χ3v) is 8.55. The second-order valence-corrected chi connectivity index (χ2v) is 11.6. The molecule has 0 aromatic heterocycles. The molecule has 0 aliphatic carbocycles. The molecule has 3 aromatic carbocycles. The summed E-state index contributed by atoms with van der Waals surface area (Å²) in [5, 5.41) is 21.7. The van der Waals surface area contributed by atoms with Gasteiger partial charge in [-0.15, -0.1) is 11.8 Å². The summed E-state index contributed by atoms with van der Waals surface area (Å²) in [5.74, 6) is -1.81. The summed E-state index contributed by atoms with van der Waals surface area (Å²) < 4.78 is 5.58. The minimum Gasteiger partial charge on any atom is -0.484 e. The van der Waals surface area contributed by atoms with Gasteiger partial charge in [-0.2, -0.15) is 0 Å². The van der Waals surface area contributed by atoms with E-state index in [1.807, 2.05) is 72.8 Å². The summed E-state index contributed by atoms with van der Waals surface area (Å²) in [6.45, 7) is 1.00. The summed E-state index contributed by atoms with van der Waals surface area (Å²) in [6.07, 6.45) is -0.766. The minimum atomic E-state index is -1.18. The van der Waals surface area contributed by atoms with E-state index in [0.717, 1.165) is 16.8 Å². The number of carbonyl (C=O) groups is 4. The number of rotatable bonds is 15. The Morgan fingerprint density at radius 1 is 1.00 bits per heavy atom. The van der Waals surface area contributed by atoms with Crippen LogP contribution in [0.3, 0.4) is 0 Å². The second kappa shape index (κ2) is 14.8. The Hall–Kier alpha value is -4.19. The minimum absolute atomic E-state index is 0.0349. The van der Waals surface area contributed by atoms with Crippen molar-refractivity contribution < 1.29 is 34.1 Å². The Labute approximate surface area is 254 Å². The first-order valence-corrected chi connectivity index (χ1v) is 14.9. The zero-order valence-electron chi connectivity index (χ0n) is 23.7. The van der Waals surface area contributed by atoms with Gasteiger partial charge in [0.2, 0.25) is 5.91 Å². The zero-order valence-corrected chi connectivity index (χ0v) is 24.5. The van der Waals surface area contributed by atoms with E-state index < -0.39 is 29.9 Å². The molecule has 43 heavy (non-hydrogen) atoms. The molecule has 11 heteroatoms. The van der Waals surface area contributed by atoms with Crippen molar-refractivity contribution in [1.82, 2.24) is 5.32 Å². The number of carboxylic acid groups (broad SMARTS) is 1. The van der Waals surface area contributed by atoms with Gasteiger partial charge < -0.3 is 30.9 Å². The maximum absolute atomic E-state index is 13.3. The van der Waals surface area contributed by atoms with Crippen molar-refractivity contribution in [2.45, 2.75) is 36.8 Å². The van der Waals surface area contributed by atoms with Gasteiger partial charge in [0, 0.05) is 17.9 Å². The first-order valence-electron chi connectivity index (χ1n) is 13.9. The predicted octanol–water partition coefficient (Wildman–Crippen LogP) is 3.11. The average molecular weight is 606 g/mol. The first kappa shape index (κ1) is 31.7. The zero-order chi connectivity index (χ0) is 30.9. The lowest BCUT2D eigenvalue weighted by Gasteiger charge is -2.47. The number of amides is 2. The van der Waals surface area contributed by atoms with Crippen molar-refractivity contribution in [3.63, 3.8) is 0 Å². The summed E-state index contributed by atoms with van der Waals surface area (Å²) in [6, 6.07) is 24.4. The van der Waals surface area contributed by atoms with Crippen molar-refractivity contribution in [3.8, 4) is 5.75 Å². The van der Waals surface area contributed by atoms with Gasteiger partial charge in [-0.05, 0) is 41.3 Å². The third-order valence-electron chi connectivity index (χ3n) is 7.22. The van der Waals surface area contributed by atoms with E-state index in [2.05, 4.69) is 5.32 Å². The number of benzene rings is 3. The van der Waals surface area contributed by atoms with Crippen LogP contribution in [-0.2, 0) is 19.2 Å². The number of para-hydroxylation sites is 1. The Bertz CT molecular complexity index is 1410. The molecule has 2 unspecified atom stereocenters. The number of nitrogens with zero attached hydrogens (tertiary/aromatic N) is 1. The van der Waals surface area contributed by atoms with E-state index in [0.29, 0.717) is 11.5 Å². The quantitative estimate of drug-likeness (QED) is 0.191. The lowest BCUT2D eigenvalue weighted by Crippen LogP contribution is -2.57. The number of Topliss-reactive ketones (excluding diaryl/α,β-unsaturated/α-hetero) is 1. The highest BCUT2D eigenvalue weighted by Crippen LogP contribution is 2.46. The van der Waals surface area contributed by atoms with Crippen molar-refractivity contribution in [1.29, 1.82) is 0 Å². The lowest BCUT2D eigenvalue weighted by molar-refractivity contribution is -0.140. The molecule has 0 saturated carbocycles. The number of nitrogens with two attached hydrogens (primary N) is 1. The Morgan fingerprint density at radius 2 is 1.63 bits per heavy atom. The first-order chi connectivity index (χ1) is 20.7. The smallest absolute Gasteiger partial charge is 0.320 e. The van der Waals surface area contributed by atoms with Gasteiger partial charge in [0.15, 0.2) is 12.4 Å². The van der Waals surface area contributed by atoms with Crippen LogP contribution < -0.4 is 20.7 Å². The van der Waals surface area contributed by atoms with Crippen LogP contribution in [0, 0.1) is 5.92 Å². The molecule has 1 aliphatic rings. The van der Waals surface area contributed by atoms with E-state index in [9.17, 15) is 24.3 Å². The van der Waals surface area contributed by atoms with Gasteiger partial charge in [-0.1, -0.05) is 67.6 Å². The van der Waals surface area contributed by atoms with Crippen LogP contribution in [-0.4, -0.2) is 64.0 Å². The molecule has 3 aromatic rings. The molecule has 1 aliphatic heterocycles. The molecule has 4 rings (SSSR count). The number of carbonyl (C=O) groups excluding carboxylic acids is 3. The van der Waals surface area contributed by atoms with E-state index in [1.54, 1.807) is 24.0 Å². The molecule has 2 amide bonds. The molecule has 1 fully saturated rings. The number of ether oxygens (including phenoxy) is 1. The molecule has 226 valence electrons. The van der Waals surface area contributed by atoms with Gasteiger partial charge in [0.1, 0.15) is 17.0 Å². The number of aliphatic hydroxyl groups excluding tert-OH is 1. The number of β-lactam (4-membered cyclic amide) rings is 1. The molecular weight excluding hydrogens is 570 g/mol. The summed E-state index contributed by atoms with van der Waals surface area (Å²) in [7, 11) is 0. The van der Waals surface area contributed by atoms with Gasteiger partial charge in [-0.25, -0.2) is 0 Å².